The summed E-state index contributed by atoms with van der Waals surface area (Å²) >= 11 is 0. The molecule has 0 spiro atoms. The Morgan fingerprint density at radius 3 is 2.27 bits per heavy atom. The van der Waals surface area contributed by atoms with Crippen LogP contribution in [0, 0.1) is 0 Å². The number of para-hydroxylation sites is 1. The smallest absolute Gasteiger partial charge is 0.261 e. The Balaban J connectivity index is 2.06. The van der Waals surface area contributed by atoms with Crippen molar-refractivity contribution in [2.45, 2.75) is 32.4 Å². The molecule has 26 heavy (non-hydrogen) atoms. The Kier molecular flexibility index (Phi) is 7.02. The van der Waals surface area contributed by atoms with Crippen molar-refractivity contribution >= 4 is 11.9 Å². The second-order valence-corrected chi connectivity index (χ2v) is 5.71. The van der Waals surface area contributed by atoms with Crippen molar-refractivity contribution in [2.75, 3.05) is 6.61 Å². The maximum atomic E-state index is 12.4. The van der Waals surface area contributed by atoms with Crippen LogP contribution in [0.1, 0.15) is 31.9 Å². The van der Waals surface area contributed by atoms with Gasteiger partial charge in [-0.2, -0.15) is 0 Å². The van der Waals surface area contributed by atoms with Crippen LogP contribution in [0.2, 0.25) is 0 Å². The van der Waals surface area contributed by atoms with Gasteiger partial charge in [-0.1, -0.05) is 30.3 Å². The number of carboxylic acid groups (broad SMARTS) is 1. The van der Waals surface area contributed by atoms with Crippen molar-refractivity contribution in [1.82, 2.24) is 5.32 Å². The van der Waals surface area contributed by atoms with Gasteiger partial charge in [0.2, 0.25) is 0 Å². The highest BCUT2D eigenvalue weighted by molar-refractivity contribution is 5.81. The molecule has 1 N–H and O–H groups in total. The largest absolute Gasteiger partial charge is 0.550 e. The molecule has 0 aliphatic carbocycles. The lowest BCUT2D eigenvalue weighted by Crippen LogP contribution is -2.40. The molecule has 6 heteroatoms. The monoisotopic (exact) mass is 356 g/mol. The zero-order valence-corrected chi connectivity index (χ0v) is 14.8. The highest BCUT2D eigenvalue weighted by Gasteiger charge is 2.20. The van der Waals surface area contributed by atoms with Crippen molar-refractivity contribution in [1.29, 1.82) is 0 Å². The molecule has 1 amide bonds. The number of amides is 1. The SMILES string of the molecule is CCOc1ccc([C@@H](CC(=O)[O-])NC(=O)[C@H](C)Oc2ccccc2)cc1. The quantitative estimate of drug-likeness (QED) is 0.741. The standard InChI is InChI=1S/C20H23NO5/c1-3-25-16-11-9-15(10-12-16)18(13-19(22)23)21-20(24)14(2)26-17-7-5-4-6-8-17/h4-12,14,18H,3,13H2,1-2H3,(H,21,24)(H,22,23)/p-1/t14-,18+/m0/s1. The van der Waals surface area contributed by atoms with E-state index >= 15 is 0 Å². The molecule has 0 heterocycles. The summed E-state index contributed by atoms with van der Waals surface area (Å²) in [5, 5.41) is 13.8. The first-order chi connectivity index (χ1) is 12.5. The molecule has 0 saturated carbocycles. The maximum Gasteiger partial charge on any atom is 0.261 e. The topological polar surface area (TPSA) is 87.7 Å². The molecule has 2 aromatic rings. The Labute approximate surface area is 152 Å². The number of carbonyl (C=O) groups excluding carboxylic acids is 2. The van der Waals surface area contributed by atoms with Crippen LogP contribution in [0.5, 0.6) is 11.5 Å². The molecule has 0 unspecified atom stereocenters. The van der Waals surface area contributed by atoms with E-state index in [1.165, 1.54) is 0 Å². The Morgan fingerprint density at radius 1 is 1.04 bits per heavy atom. The van der Waals surface area contributed by atoms with Crippen molar-refractivity contribution in [3.63, 3.8) is 0 Å². The first-order valence-electron chi connectivity index (χ1n) is 8.44. The molecule has 0 bridgehead atoms. The second kappa shape index (κ2) is 9.46. The predicted octanol–water partition coefficient (Wildman–Crippen LogP) is 1.85. The number of carboxylic acids is 1. The van der Waals surface area contributed by atoms with Gasteiger partial charge in [-0.3, -0.25) is 4.79 Å². The molecular weight excluding hydrogens is 334 g/mol. The molecule has 6 nitrogen and oxygen atoms in total. The number of benzene rings is 2. The summed E-state index contributed by atoms with van der Waals surface area (Å²) in [6, 6.07) is 15.1. The van der Waals surface area contributed by atoms with E-state index in [1.54, 1.807) is 55.5 Å². The summed E-state index contributed by atoms with van der Waals surface area (Å²) in [4.78, 5) is 23.5. The molecule has 0 aliphatic heterocycles. The zero-order chi connectivity index (χ0) is 18.9. The third kappa shape index (κ3) is 5.81. The highest BCUT2D eigenvalue weighted by Crippen LogP contribution is 2.21. The van der Waals surface area contributed by atoms with E-state index in [-0.39, 0.29) is 6.42 Å². The fourth-order valence-electron chi connectivity index (χ4n) is 2.43. The van der Waals surface area contributed by atoms with Crippen LogP contribution < -0.4 is 19.9 Å². The molecule has 0 radical (unpaired) electrons. The highest BCUT2D eigenvalue weighted by atomic mass is 16.5. The molecule has 2 atom stereocenters. The number of nitrogens with one attached hydrogen (secondary N) is 1. The summed E-state index contributed by atoms with van der Waals surface area (Å²) in [6.07, 6.45) is -1.11. The normalized spacial score (nSPS) is 12.7. The Bertz CT molecular complexity index is 715. The van der Waals surface area contributed by atoms with Crippen molar-refractivity contribution in [3.8, 4) is 11.5 Å². The minimum atomic E-state index is -1.25. The number of hydrogen-bond acceptors (Lipinski definition) is 5. The van der Waals surface area contributed by atoms with Gasteiger partial charge in [0.15, 0.2) is 6.10 Å². The van der Waals surface area contributed by atoms with Gasteiger partial charge in [0, 0.05) is 12.4 Å². The molecule has 0 fully saturated rings. The van der Waals surface area contributed by atoms with E-state index in [2.05, 4.69) is 5.32 Å². The van der Waals surface area contributed by atoms with Gasteiger partial charge < -0.3 is 24.7 Å². The fourth-order valence-corrected chi connectivity index (χ4v) is 2.43. The Morgan fingerprint density at radius 2 is 1.69 bits per heavy atom. The third-order valence-electron chi connectivity index (χ3n) is 3.71. The lowest BCUT2D eigenvalue weighted by atomic mass is 10.0. The van der Waals surface area contributed by atoms with Crippen LogP contribution in [-0.2, 0) is 9.59 Å². The summed E-state index contributed by atoms with van der Waals surface area (Å²) in [5.41, 5.74) is 0.651. The number of hydrogen-bond donors (Lipinski definition) is 1. The van der Waals surface area contributed by atoms with Crippen LogP contribution in [0.25, 0.3) is 0 Å². The predicted molar refractivity (Wildman–Crippen MR) is 94.7 cm³/mol. The number of ether oxygens (including phenoxy) is 2. The van der Waals surface area contributed by atoms with Crippen LogP contribution in [-0.4, -0.2) is 24.6 Å². The number of rotatable bonds is 9. The van der Waals surface area contributed by atoms with E-state index in [0.717, 1.165) is 0 Å². The summed E-state index contributed by atoms with van der Waals surface area (Å²) < 4.78 is 10.9. The van der Waals surface area contributed by atoms with E-state index in [4.69, 9.17) is 9.47 Å². The maximum absolute atomic E-state index is 12.4. The third-order valence-corrected chi connectivity index (χ3v) is 3.71. The average molecular weight is 356 g/mol. The van der Waals surface area contributed by atoms with Gasteiger partial charge >= 0.3 is 0 Å². The number of aliphatic carboxylic acids is 1. The molecule has 2 aromatic carbocycles. The summed E-state index contributed by atoms with van der Waals surface area (Å²) in [5.74, 6) is -0.418. The molecular formula is C20H22NO5-. The Hall–Kier alpha value is -3.02. The van der Waals surface area contributed by atoms with Crippen LogP contribution >= 0.6 is 0 Å². The first-order valence-corrected chi connectivity index (χ1v) is 8.44. The van der Waals surface area contributed by atoms with Gasteiger partial charge in [0.05, 0.1) is 12.6 Å². The van der Waals surface area contributed by atoms with Crippen molar-refractivity contribution in [3.05, 3.63) is 60.2 Å². The van der Waals surface area contributed by atoms with Gasteiger partial charge in [-0.25, -0.2) is 0 Å². The molecule has 2 rings (SSSR count). The lowest BCUT2D eigenvalue weighted by Gasteiger charge is -2.22. The lowest BCUT2D eigenvalue weighted by molar-refractivity contribution is -0.306. The van der Waals surface area contributed by atoms with Gasteiger partial charge in [-0.05, 0) is 43.7 Å². The van der Waals surface area contributed by atoms with Crippen molar-refractivity contribution in [2.24, 2.45) is 0 Å². The molecule has 0 aliphatic rings. The summed E-state index contributed by atoms with van der Waals surface area (Å²) in [7, 11) is 0. The zero-order valence-electron chi connectivity index (χ0n) is 14.8. The van der Waals surface area contributed by atoms with E-state index in [9.17, 15) is 14.7 Å². The van der Waals surface area contributed by atoms with Gasteiger partial charge in [-0.15, -0.1) is 0 Å². The number of carbonyl (C=O) groups is 2. The fraction of sp³-hybridized carbons (Fsp3) is 0.300. The van der Waals surface area contributed by atoms with Crippen molar-refractivity contribution < 1.29 is 24.2 Å². The first kappa shape index (κ1) is 19.3. The summed E-state index contributed by atoms with van der Waals surface area (Å²) in [6.45, 7) is 4.02. The molecule has 138 valence electrons. The molecule has 0 saturated heterocycles. The average Bonchev–Trinajstić information content (AvgIpc) is 2.62. The van der Waals surface area contributed by atoms with Crippen LogP contribution in [0.4, 0.5) is 0 Å². The van der Waals surface area contributed by atoms with E-state index in [1.807, 2.05) is 13.0 Å². The minimum Gasteiger partial charge on any atom is -0.550 e. The molecule has 0 aromatic heterocycles. The second-order valence-electron chi connectivity index (χ2n) is 5.71. The van der Waals surface area contributed by atoms with Crippen LogP contribution in [0.3, 0.4) is 0 Å². The van der Waals surface area contributed by atoms with E-state index < -0.39 is 24.0 Å². The van der Waals surface area contributed by atoms with Gasteiger partial charge in [0.25, 0.3) is 5.91 Å². The minimum absolute atomic E-state index is 0.336. The van der Waals surface area contributed by atoms with Crippen LogP contribution in [0.15, 0.2) is 54.6 Å². The van der Waals surface area contributed by atoms with E-state index in [0.29, 0.717) is 23.7 Å². The van der Waals surface area contributed by atoms with Gasteiger partial charge in [0.1, 0.15) is 11.5 Å².